The minimum atomic E-state index is -0.822. The molecule has 0 unspecified atom stereocenters. The molecule has 128 valence electrons. The van der Waals surface area contributed by atoms with Gasteiger partial charge in [0.25, 0.3) is 5.69 Å². The summed E-state index contributed by atoms with van der Waals surface area (Å²) in [6, 6.07) is 5.72. The van der Waals surface area contributed by atoms with Crippen LogP contribution in [0.15, 0.2) is 29.4 Å². The largest absolute Gasteiger partial charge is 0.345 e. The lowest BCUT2D eigenvalue weighted by atomic mass is 10.1. The Hall–Kier alpha value is -2.77. The first kappa shape index (κ1) is 17.6. The second kappa shape index (κ2) is 8.76. The topological polar surface area (TPSA) is 114 Å². The van der Waals surface area contributed by atoms with Crippen LogP contribution in [-0.2, 0) is 9.59 Å². The smallest absolute Gasteiger partial charge is 0.329 e. The molecule has 1 aliphatic rings. The minimum Gasteiger partial charge on any atom is -0.345 e. The van der Waals surface area contributed by atoms with Crippen molar-refractivity contribution in [2.45, 2.75) is 44.6 Å². The number of nitro benzene ring substituents is 1. The molecule has 2 amide bonds. The molecule has 2 N–H and O–H groups in total. The van der Waals surface area contributed by atoms with E-state index in [1.807, 2.05) is 0 Å². The molecule has 8 heteroatoms. The third-order valence-electron chi connectivity index (χ3n) is 3.88. The van der Waals surface area contributed by atoms with E-state index in [-0.39, 0.29) is 11.7 Å². The molecule has 0 aliphatic heterocycles. The number of hydrazone groups is 1. The van der Waals surface area contributed by atoms with Crippen LogP contribution in [0, 0.1) is 10.1 Å². The van der Waals surface area contributed by atoms with Gasteiger partial charge in [0.15, 0.2) is 0 Å². The molecule has 0 bridgehead atoms. The van der Waals surface area contributed by atoms with Gasteiger partial charge < -0.3 is 5.32 Å². The molecular formula is C16H20N4O4. The van der Waals surface area contributed by atoms with E-state index < -0.39 is 16.7 Å². The van der Waals surface area contributed by atoms with Crippen molar-refractivity contribution in [2.75, 3.05) is 0 Å². The molecular weight excluding hydrogens is 312 g/mol. The van der Waals surface area contributed by atoms with Crippen LogP contribution in [0.3, 0.4) is 0 Å². The summed E-state index contributed by atoms with van der Waals surface area (Å²) in [7, 11) is 0. The summed E-state index contributed by atoms with van der Waals surface area (Å²) in [5, 5.41) is 17.0. The molecule has 0 heterocycles. The highest BCUT2D eigenvalue weighted by Crippen LogP contribution is 2.17. The molecule has 1 aliphatic carbocycles. The number of nitrogens with one attached hydrogen (secondary N) is 2. The van der Waals surface area contributed by atoms with Crippen molar-refractivity contribution < 1.29 is 14.5 Å². The van der Waals surface area contributed by atoms with Crippen LogP contribution in [0.5, 0.6) is 0 Å². The summed E-state index contributed by atoms with van der Waals surface area (Å²) in [6.45, 7) is 0. The van der Waals surface area contributed by atoms with Gasteiger partial charge >= 0.3 is 11.8 Å². The highest BCUT2D eigenvalue weighted by atomic mass is 16.6. The fraction of sp³-hybridized carbons (Fsp3) is 0.438. The molecule has 0 atom stereocenters. The van der Waals surface area contributed by atoms with Crippen LogP contribution in [0.1, 0.15) is 44.1 Å². The van der Waals surface area contributed by atoms with E-state index in [1.54, 1.807) is 0 Å². The van der Waals surface area contributed by atoms with Crippen molar-refractivity contribution in [3.8, 4) is 0 Å². The average molecular weight is 332 g/mol. The Morgan fingerprint density at radius 1 is 1.08 bits per heavy atom. The van der Waals surface area contributed by atoms with Crippen LogP contribution >= 0.6 is 0 Å². The van der Waals surface area contributed by atoms with Crippen molar-refractivity contribution >= 4 is 23.7 Å². The van der Waals surface area contributed by atoms with Gasteiger partial charge in [0.1, 0.15) is 0 Å². The predicted molar refractivity (Wildman–Crippen MR) is 88.5 cm³/mol. The molecule has 1 aromatic carbocycles. The second-order valence-electron chi connectivity index (χ2n) is 5.71. The van der Waals surface area contributed by atoms with Gasteiger partial charge in [-0.3, -0.25) is 19.7 Å². The predicted octanol–water partition coefficient (Wildman–Crippen LogP) is 1.88. The van der Waals surface area contributed by atoms with E-state index in [1.165, 1.54) is 30.5 Å². The van der Waals surface area contributed by atoms with E-state index in [0.717, 1.165) is 38.5 Å². The minimum absolute atomic E-state index is 0.0287. The fourth-order valence-corrected chi connectivity index (χ4v) is 2.57. The van der Waals surface area contributed by atoms with Gasteiger partial charge in [-0.05, 0) is 30.5 Å². The zero-order chi connectivity index (χ0) is 17.4. The molecule has 8 nitrogen and oxygen atoms in total. The summed E-state index contributed by atoms with van der Waals surface area (Å²) in [4.78, 5) is 33.6. The average Bonchev–Trinajstić information content (AvgIpc) is 2.83. The number of hydrogen-bond donors (Lipinski definition) is 2. The fourth-order valence-electron chi connectivity index (χ4n) is 2.57. The molecule has 1 saturated carbocycles. The quantitative estimate of drug-likeness (QED) is 0.288. The number of benzene rings is 1. The van der Waals surface area contributed by atoms with E-state index >= 15 is 0 Å². The Bertz CT molecular complexity index is 619. The molecule has 24 heavy (non-hydrogen) atoms. The second-order valence-corrected chi connectivity index (χ2v) is 5.71. The lowest BCUT2D eigenvalue weighted by Crippen LogP contribution is -2.43. The number of hydrogen-bond acceptors (Lipinski definition) is 5. The third-order valence-corrected chi connectivity index (χ3v) is 3.88. The van der Waals surface area contributed by atoms with Crippen molar-refractivity contribution in [1.82, 2.24) is 10.7 Å². The molecule has 0 radical (unpaired) electrons. The molecule has 0 aromatic heterocycles. The number of non-ortho nitro benzene ring substituents is 1. The summed E-state index contributed by atoms with van der Waals surface area (Å²) < 4.78 is 0. The number of carbonyl (C=O) groups excluding carboxylic acids is 2. The highest BCUT2D eigenvalue weighted by molar-refractivity contribution is 6.35. The lowest BCUT2D eigenvalue weighted by molar-refractivity contribution is -0.384. The van der Waals surface area contributed by atoms with Gasteiger partial charge in [0, 0.05) is 18.2 Å². The molecule has 0 spiro atoms. The van der Waals surface area contributed by atoms with Crippen molar-refractivity contribution in [1.29, 1.82) is 0 Å². The SMILES string of the molecule is O=C(N/N=C\c1ccc([N+](=O)[O-])cc1)C(=O)NC1CCCCCC1. The zero-order valence-corrected chi connectivity index (χ0v) is 13.2. The first-order valence-electron chi connectivity index (χ1n) is 7.94. The Kier molecular flexibility index (Phi) is 6.41. The van der Waals surface area contributed by atoms with E-state index in [9.17, 15) is 19.7 Å². The molecule has 0 saturated heterocycles. The van der Waals surface area contributed by atoms with E-state index in [0.29, 0.717) is 5.56 Å². The van der Waals surface area contributed by atoms with Crippen LogP contribution in [-0.4, -0.2) is 29.0 Å². The summed E-state index contributed by atoms with van der Waals surface area (Å²) in [5.74, 6) is -1.51. The Labute approximate surface area is 139 Å². The lowest BCUT2D eigenvalue weighted by Gasteiger charge is -2.14. The van der Waals surface area contributed by atoms with Gasteiger partial charge in [-0.2, -0.15) is 5.10 Å². The summed E-state index contributed by atoms with van der Waals surface area (Å²) in [6.07, 6.45) is 7.56. The van der Waals surface area contributed by atoms with Crippen molar-refractivity contribution in [3.05, 3.63) is 39.9 Å². The maximum absolute atomic E-state index is 11.8. The molecule has 1 fully saturated rings. The number of nitrogens with zero attached hydrogens (tertiary/aromatic N) is 2. The Morgan fingerprint density at radius 2 is 1.71 bits per heavy atom. The normalized spacial score (nSPS) is 15.7. The van der Waals surface area contributed by atoms with Crippen LogP contribution < -0.4 is 10.7 Å². The van der Waals surface area contributed by atoms with Gasteiger partial charge in [-0.25, -0.2) is 5.43 Å². The monoisotopic (exact) mass is 332 g/mol. The van der Waals surface area contributed by atoms with Gasteiger partial charge in [-0.1, -0.05) is 25.7 Å². The first-order chi connectivity index (χ1) is 11.6. The summed E-state index contributed by atoms with van der Waals surface area (Å²) in [5.41, 5.74) is 2.70. The van der Waals surface area contributed by atoms with Crippen LogP contribution in [0.2, 0.25) is 0 Å². The maximum Gasteiger partial charge on any atom is 0.329 e. The van der Waals surface area contributed by atoms with Gasteiger partial charge in [0.05, 0.1) is 11.1 Å². The van der Waals surface area contributed by atoms with E-state index in [2.05, 4.69) is 15.8 Å². The Balaban J connectivity index is 1.80. The number of carbonyl (C=O) groups is 2. The Morgan fingerprint density at radius 3 is 2.29 bits per heavy atom. The number of amides is 2. The van der Waals surface area contributed by atoms with Gasteiger partial charge in [0.2, 0.25) is 0 Å². The van der Waals surface area contributed by atoms with Gasteiger partial charge in [-0.15, -0.1) is 0 Å². The number of rotatable bonds is 4. The first-order valence-corrected chi connectivity index (χ1v) is 7.94. The van der Waals surface area contributed by atoms with Crippen LogP contribution in [0.4, 0.5) is 5.69 Å². The zero-order valence-electron chi connectivity index (χ0n) is 13.2. The maximum atomic E-state index is 11.8. The molecule has 1 aromatic rings. The van der Waals surface area contributed by atoms with E-state index in [4.69, 9.17) is 0 Å². The van der Waals surface area contributed by atoms with Crippen molar-refractivity contribution in [2.24, 2.45) is 5.10 Å². The van der Waals surface area contributed by atoms with Crippen molar-refractivity contribution in [3.63, 3.8) is 0 Å². The number of nitro groups is 1. The standard InChI is InChI=1S/C16H20N4O4/c21-15(18-13-5-3-1-2-4-6-13)16(22)19-17-11-12-7-9-14(10-8-12)20(23)24/h7-11,13H,1-6H2,(H,18,21)(H,19,22)/b17-11-. The highest BCUT2D eigenvalue weighted by Gasteiger charge is 2.19. The molecule has 2 rings (SSSR count). The van der Waals surface area contributed by atoms with Crippen LogP contribution in [0.25, 0.3) is 0 Å². The third kappa shape index (κ3) is 5.45. The summed E-state index contributed by atoms with van der Waals surface area (Å²) >= 11 is 0.